The smallest absolute Gasteiger partial charge is 0.335 e. The summed E-state index contributed by atoms with van der Waals surface area (Å²) >= 11 is 5.54. The number of methoxy groups -OCH3 is 1. The molecule has 4 rings (SSSR count). The highest BCUT2D eigenvalue weighted by molar-refractivity contribution is 7.80. The topological polar surface area (TPSA) is 142 Å². The fourth-order valence-electron chi connectivity index (χ4n) is 3.95. The van der Waals surface area contributed by atoms with Crippen LogP contribution in [0.2, 0.25) is 0 Å². The zero-order valence-corrected chi connectivity index (χ0v) is 19.3. The second-order valence-corrected chi connectivity index (χ2v) is 8.14. The highest BCUT2D eigenvalue weighted by atomic mass is 32.1. The van der Waals surface area contributed by atoms with Gasteiger partial charge in [-0.2, -0.15) is 0 Å². The lowest BCUT2D eigenvalue weighted by atomic mass is 10.0. The van der Waals surface area contributed by atoms with Crippen molar-refractivity contribution in [3.63, 3.8) is 0 Å². The van der Waals surface area contributed by atoms with Crippen LogP contribution in [0.4, 0.5) is 0 Å². The van der Waals surface area contributed by atoms with Gasteiger partial charge < -0.3 is 29.6 Å². The third-order valence-electron chi connectivity index (χ3n) is 5.61. The number of hydrogen-bond acceptors (Lipinski definition) is 7. The lowest BCUT2D eigenvalue weighted by molar-refractivity contribution is -0.140. The Morgan fingerprint density at radius 2 is 1.83 bits per heavy atom. The van der Waals surface area contributed by atoms with Gasteiger partial charge in [-0.05, 0) is 54.7 Å². The van der Waals surface area contributed by atoms with Crippen molar-refractivity contribution >= 4 is 35.2 Å². The Labute approximate surface area is 205 Å². The van der Waals surface area contributed by atoms with E-state index in [9.17, 15) is 24.6 Å². The van der Waals surface area contributed by atoms with E-state index in [4.69, 9.17) is 21.4 Å². The molecular weight excluding hydrogens is 474 g/mol. The van der Waals surface area contributed by atoms with Crippen LogP contribution in [-0.2, 0) is 9.53 Å². The first kappa shape index (κ1) is 23.9. The number of benzene rings is 1. The number of pyridine rings is 1. The van der Waals surface area contributed by atoms with Crippen molar-refractivity contribution in [3.05, 3.63) is 77.3 Å². The summed E-state index contributed by atoms with van der Waals surface area (Å²) in [5.41, 5.74) is 0.664. The van der Waals surface area contributed by atoms with Crippen molar-refractivity contribution in [2.24, 2.45) is 0 Å². The quantitative estimate of drug-likeness (QED) is 0.313. The van der Waals surface area contributed by atoms with Gasteiger partial charge in [0.2, 0.25) is 0 Å². The molecule has 1 aromatic carbocycles. The SMILES string of the molecule is COC(=O)CCN1C(=S)N[C@H](c2ccccn2)[C@H]1c1ccc(-c2cc(C(=O)O)cc(C(=O)O)c2)o1. The van der Waals surface area contributed by atoms with Crippen molar-refractivity contribution < 1.29 is 33.8 Å². The van der Waals surface area contributed by atoms with Gasteiger partial charge in [-0.3, -0.25) is 9.78 Å². The predicted molar refractivity (Wildman–Crippen MR) is 127 cm³/mol. The molecule has 3 aromatic rings. The summed E-state index contributed by atoms with van der Waals surface area (Å²) in [6.45, 7) is 0.264. The lowest BCUT2D eigenvalue weighted by Crippen LogP contribution is -2.31. The molecule has 0 spiro atoms. The standard InChI is InChI=1S/C24H21N3O7S/c1-33-19(28)7-9-27-21(20(26-24(27)35)16-4-2-3-8-25-16)18-6-5-17(34-18)13-10-14(22(29)30)12-15(11-13)23(31)32/h2-6,8,10-12,20-21H,7,9H2,1H3,(H,26,35)(H,29,30)(H,31,32)/t20-,21-/m1/s1. The Bertz CT molecular complexity index is 1260. The van der Waals surface area contributed by atoms with Crippen molar-refractivity contribution in [2.45, 2.75) is 18.5 Å². The molecule has 35 heavy (non-hydrogen) atoms. The van der Waals surface area contributed by atoms with Gasteiger partial charge in [-0.25, -0.2) is 9.59 Å². The van der Waals surface area contributed by atoms with Crippen LogP contribution < -0.4 is 5.32 Å². The van der Waals surface area contributed by atoms with Crippen molar-refractivity contribution in [2.75, 3.05) is 13.7 Å². The summed E-state index contributed by atoms with van der Waals surface area (Å²) < 4.78 is 10.9. The van der Waals surface area contributed by atoms with Crippen LogP contribution in [0.1, 0.15) is 50.7 Å². The van der Waals surface area contributed by atoms with E-state index in [0.29, 0.717) is 22.1 Å². The number of carboxylic acids is 2. The maximum atomic E-state index is 11.8. The van der Waals surface area contributed by atoms with Gasteiger partial charge >= 0.3 is 17.9 Å². The normalized spacial score (nSPS) is 17.2. The first-order chi connectivity index (χ1) is 16.8. The maximum absolute atomic E-state index is 11.8. The Hall–Kier alpha value is -4.25. The highest BCUT2D eigenvalue weighted by Gasteiger charge is 2.41. The molecule has 11 heteroatoms. The molecule has 0 unspecified atom stereocenters. The highest BCUT2D eigenvalue weighted by Crippen LogP contribution is 2.40. The average molecular weight is 496 g/mol. The summed E-state index contributed by atoms with van der Waals surface area (Å²) in [5.74, 6) is -2.13. The number of nitrogens with zero attached hydrogens (tertiary/aromatic N) is 2. The van der Waals surface area contributed by atoms with E-state index in [-0.39, 0.29) is 41.9 Å². The molecule has 2 aromatic heterocycles. The van der Waals surface area contributed by atoms with Gasteiger partial charge in [0.15, 0.2) is 5.11 Å². The average Bonchev–Trinajstić information content (AvgIpc) is 3.47. The van der Waals surface area contributed by atoms with Crippen molar-refractivity contribution in [3.8, 4) is 11.3 Å². The van der Waals surface area contributed by atoms with Crippen LogP contribution in [0.3, 0.4) is 0 Å². The number of thiocarbonyl (C=S) groups is 1. The fourth-order valence-corrected chi connectivity index (χ4v) is 4.28. The number of ether oxygens (including phenoxy) is 1. The number of furan rings is 1. The first-order valence-corrected chi connectivity index (χ1v) is 11.0. The summed E-state index contributed by atoms with van der Waals surface area (Å²) in [6, 6.07) is 11.8. The van der Waals surface area contributed by atoms with E-state index < -0.39 is 18.0 Å². The number of carboxylic acid groups (broad SMARTS) is 2. The number of aromatic nitrogens is 1. The maximum Gasteiger partial charge on any atom is 0.335 e. The Kier molecular flexibility index (Phi) is 6.78. The van der Waals surface area contributed by atoms with Gasteiger partial charge in [-0.1, -0.05) is 6.07 Å². The minimum Gasteiger partial charge on any atom is -0.478 e. The van der Waals surface area contributed by atoms with E-state index in [1.807, 2.05) is 17.0 Å². The van der Waals surface area contributed by atoms with Crippen molar-refractivity contribution in [1.82, 2.24) is 15.2 Å². The van der Waals surface area contributed by atoms with E-state index in [1.54, 1.807) is 24.4 Å². The van der Waals surface area contributed by atoms with Crippen LogP contribution in [0.5, 0.6) is 0 Å². The van der Waals surface area contributed by atoms with Crippen LogP contribution in [0, 0.1) is 0 Å². The van der Waals surface area contributed by atoms with Gasteiger partial charge in [0.25, 0.3) is 0 Å². The minimum absolute atomic E-state index is 0.0972. The molecule has 0 amide bonds. The second kappa shape index (κ2) is 9.94. The molecule has 1 aliphatic rings. The lowest BCUT2D eigenvalue weighted by Gasteiger charge is -2.25. The van der Waals surface area contributed by atoms with E-state index >= 15 is 0 Å². The molecule has 1 fully saturated rings. The van der Waals surface area contributed by atoms with E-state index in [1.165, 1.54) is 19.2 Å². The second-order valence-electron chi connectivity index (χ2n) is 7.76. The van der Waals surface area contributed by atoms with Gasteiger partial charge in [0.1, 0.15) is 17.6 Å². The number of carbonyl (C=O) groups excluding carboxylic acids is 1. The molecule has 3 N–H and O–H groups in total. The number of carbonyl (C=O) groups is 3. The van der Waals surface area contributed by atoms with E-state index in [0.717, 1.165) is 6.07 Å². The number of nitrogens with one attached hydrogen (secondary N) is 1. The molecular formula is C24H21N3O7S. The summed E-state index contributed by atoms with van der Waals surface area (Å²) in [5, 5.41) is 22.4. The fraction of sp³-hybridized carbons (Fsp3) is 0.208. The summed E-state index contributed by atoms with van der Waals surface area (Å²) in [4.78, 5) is 41.0. The predicted octanol–water partition coefficient (Wildman–Crippen LogP) is 3.27. The molecule has 0 radical (unpaired) electrons. The van der Waals surface area contributed by atoms with Crippen LogP contribution in [0.15, 0.2) is 59.1 Å². The third-order valence-corrected chi connectivity index (χ3v) is 5.96. The van der Waals surface area contributed by atoms with Gasteiger partial charge in [-0.15, -0.1) is 0 Å². The molecule has 2 atom stereocenters. The monoisotopic (exact) mass is 495 g/mol. The molecule has 1 saturated heterocycles. The van der Waals surface area contributed by atoms with Crippen molar-refractivity contribution in [1.29, 1.82) is 0 Å². The largest absolute Gasteiger partial charge is 0.478 e. The zero-order chi connectivity index (χ0) is 25.1. The number of hydrogen-bond donors (Lipinski definition) is 3. The molecule has 0 aliphatic carbocycles. The van der Waals surface area contributed by atoms with Gasteiger partial charge in [0, 0.05) is 18.3 Å². The molecule has 1 aliphatic heterocycles. The first-order valence-electron chi connectivity index (χ1n) is 10.5. The Balaban J connectivity index is 1.74. The molecule has 0 bridgehead atoms. The van der Waals surface area contributed by atoms with Gasteiger partial charge in [0.05, 0.1) is 36.4 Å². The summed E-state index contributed by atoms with van der Waals surface area (Å²) in [6.07, 6.45) is 1.76. The molecule has 10 nitrogen and oxygen atoms in total. The van der Waals surface area contributed by atoms with Crippen LogP contribution >= 0.6 is 12.2 Å². The molecule has 3 heterocycles. The zero-order valence-electron chi connectivity index (χ0n) is 18.5. The molecule has 0 saturated carbocycles. The number of esters is 1. The van der Waals surface area contributed by atoms with E-state index in [2.05, 4.69) is 10.3 Å². The third kappa shape index (κ3) is 4.99. The number of aromatic carboxylic acids is 2. The van der Waals surface area contributed by atoms with Crippen LogP contribution in [0.25, 0.3) is 11.3 Å². The van der Waals surface area contributed by atoms with Crippen LogP contribution in [-0.4, -0.2) is 56.8 Å². The minimum atomic E-state index is -1.25. The summed E-state index contributed by atoms with van der Waals surface area (Å²) in [7, 11) is 1.31. The Morgan fingerprint density at radius 1 is 1.11 bits per heavy atom. The molecule has 180 valence electrons. The number of rotatable bonds is 8. The Morgan fingerprint density at radius 3 is 2.43 bits per heavy atom.